The van der Waals surface area contributed by atoms with Crippen molar-refractivity contribution in [1.82, 2.24) is 9.97 Å². The number of nitrogens with zero attached hydrogens (tertiary/aromatic N) is 2. The third-order valence-corrected chi connectivity index (χ3v) is 2.78. The summed E-state index contributed by atoms with van der Waals surface area (Å²) < 4.78 is 0. The highest BCUT2D eigenvalue weighted by Gasteiger charge is 2.10. The van der Waals surface area contributed by atoms with Gasteiger partial charge in [-0.25, -0.2) is 9.97 Å². The molecule has 0 saturated heterocycles. The van der Waals surface area contributed by atoms with E-state index in [2.05, 4.69) is 15.3 Å². The molecule has 0 fully saturated rings. The first-order valence-corrected chi connectivity index (χ1v) is 5.93. The first-order valence-electron chi connectivity index (χ1n) is 4.80. The predicted octanol–water partition coefficient (Wildman–Crippen LogP) is 3.69. The van der Waals surface area contributed by atoms with Crippen molar-refractivity contribution >= 4 is 46.4 Å². The highest BCUT2D eigenvalue weighted by Crippen LogP contribution is 2.25. The summed E-state index contributed by atoms with van der Waals surface area (Å²) in [5.41, 5.74) is 0.591. The first-order chi connectivity index (χ1) is 8.56. The molecule has 0 aliphatic carbocycles. The van der Waals surface area contributed by atoms with Crippen LogP contribution in [0.3, 0.4) is 0 Å². The van der Waals surface area contributed by atoms with Gasteiger partial charge in [0.05, 0.1) is 23.1 Å². The van der Waals surface area contributed by atoms with Gasteiger partial charge in [-0.15, -0.1) is 0 Å². The third-order valence-electron chi connectivity index (χ3n) is 2.03. The van der Waals surface area contributed by atoms with Crippen molar-refractivity contribution in [3.63, 3.8) is 0 Å². The Hall–Kier alpha value is -1.36. The normalized spacial score (nSPS) is 10.2. The summed E-state index contributed by atoms with van der Waals surface area (Å²) in [4.78, 5) is 19.4. The summed E-state index contributed by atoms with van der Waals surface area (Å²) in [5.74, 6) is -0.427. The van der Waals surface area contributed by atoms with Gasteiger partial charge in [0.25, 0.3) is 5.91 Å². The molecule has 0 saturated carbocycles. The molecule has 0 unspecified atom stereocenters. The van der Waals surface area contributed by atoms with Crippen LogP contribution in [0.2, 0.25) is 15.2 Å². The Morgan fingerprint density at radius 2 is 1.89 bits per heavy atom. The van der Waals surface area contributed by atoms with Crippen LogP contribution in [0, 0.1) is 0 Å². The van der Waals surface area contributed by atoms with Gasteiger partial charge in [-0.3, -0.25) is 4.79 Å². The molecule has 0 aliphatic heterocycles. The number of hydrogen-bond acceptors (Lipinski definition) is 3. The Bertz CT molecular complexity index is 587. The number of carbonyl (C=O) groups excluding carboxylic acids is 1. The average Bonchev–Trinajstić information content (AvgIpc) is 2.33. The van der Waals surface area contributed by atoms with Crippen LogP contribution in [0.25, 0.3) is 0 Å². The second-order valence-electron chi connectivity index (χ2n) is 3.30. The minimum absolute atomic E-state index is 0.144. The molecule has 0 aliphatic rings. The van der Waals surface area contributed by atoms with E-state index in [1.165, 1.54) is 18.5 Å². The molecule has 92 valence electrons. The van der Waals surface area contributed by atoms with E-state index < -0.39 is 5.91 Å². The molecule has 2 rings (SSSR count). The Kier molecular flexibility index (Phi) is 4.01. The van der Waals surface area contributed by atoms with E-state index in [1.807, 2.05) is 0 Å². The lowest BCUT2D eigenvalue weighted by molar-refractivity contribution is 0.102. The molecule has 1 amide bonds. The second kappa shape index (κ2) is 5.52. The van der Waals surface area contributed by atoms with E-state index in [1.54, 1.807) is 12.1 Å². The number of aromatic nitrogens is 2. The van der Waals surface area contributed by atoms with E-state index in [-0.39, 0.29) is 10.8 Å². The zero-order valence-electron chi connectivity index (χ0n) is 8.82. The third kappa shape index (κ3) is 3.10. The van der Waals surface area contributed by atoms with Gasteiger partial charge in [-0.05, 0) is 18.2 Å². The molecule has 7 heteroatoms. The van der Waals surface area contributed by atoms with Crippen molar-refractivity contribution in [1.29, 1.82) is 0 Å². The fourth-order valence-electron chi connectivity index (χ4n) is 1.21. The largest absolute Gasteiger partial charge is 0.319 e. The van der Waals surface area contributed by atoms with E-state index >= 15 is 0 Å². The number of amides is 1. The number of benzene rings is 1. The molecule has 1 heterocycles. The topological polar surface area (TPSA) is 54.9 Å². The molecule has 0 radical (unpaired) electrons. The van der Waals surface area contributed by atoms with Gasteiger partial charge < -0.3 is 5.32 Å². The maximum absolute atomic E-state index is 11.8. The van der Waals surface area contributed by atoms with Gasteiger partial charge in [-0.2, -0.15) is 0 Å². The molecular formula is C11H6Cl3N3O. The fourth-order valence-corrected chi connectivity index (χ4v) is 1.76. The van der Waals surface area contributed by atoms with Crippen LogP contribution >= 0.6 is 34.8 Å². The number of nitrogens with one attached hydrogen (secondary N) is 1. The zero-order chi connectivity index (χ0) is 13.1. The number of carbonyl (C=O) groups is 1. The first kappa shape index (κ1) is 13.1. The minimum Gasteiger partial charge on any atom is -0.319 e. The molecular weight excluding hydrogens is 296 g/mol. The molecule has 0 spiro atoms. The quantitative estimate of drug-likeness (QED) is 0.920. The van der Waals surface area contributed by atoms with Crippen LogP contribution in [0.15, 0.2) is 30.6 Å². The summed E-state index contributed by atoms with van der Waals surface area (Å²) in [7, 11) is 0. The lowest BCUT2D eigenvalue weighted by Crippen LogP contribution is -2.14. The number of halogens is 3. The number of rotatable bonds is 2. The minimum atomic E-state index is -0.427. The Labute approximate surface area is 118 Å². The van der Waals surface area contributed by atoms with E-state index in [4.69, 9.17) is 34.8 Å². The van der Waals surface area contributed by atoms with Crippen LogP contribution in [0.4, 0.5) is 5.69 Å². The van der Waals surface area contributed by atoms with E-state index in [0.717, 1.165) is 0 Å². The Morgan fingerprint density at radius 3 is 2.50 bits per heavy atom. The van der Waals surface area contributed by atoms with Crippen LogP contribution in [-0.2, 0) is 0 Å². The molecule has 0 bridgehead atoms. The van der Waals surface area contributed by atoms with Crippen molar-refractivity contribution < 1.29 is 4.79 Å². The highest BCUT2D eigenvalue weighted by molar-refractivity contribution is 6.36. The van der Waals surface area contributed by atoms with Gasteiger partial charge in [0.2, 0.25) is 0 Å². The van der Waals surface area contributed by atoms with Crippen LogP contribution in [0.1, 0.15) is 10.5 Å². The Morgan fingerprint density at radius 1 is 1.11 bits per heavy atom. The summed E-state index contributed by atoms with van der Waals surface area (Å²) in [5, 5.41) is 3.65. The van der Waals surface area contributed by atoms with Crippen molar-refractivity contribution in [2.45, 2.75) is 0 Å². The predicted molar refractivity (Wildman–Crippen MR) is 71.5 cm³/mol. The van der Waals surface area contributed by atoms with Crippen molar-refractivity contribution in [2.24, 2.45) is 0 Å². The maximum atomic E-state index is 11.8. The molecule has 18 heavy (non-hydrogen) atoms. The standard InChI is InChI=1S/C11H6Cl3N3O/c12-6-1-2-8(7(13)3-6)17-11(18)9-4-16-10(14)5-15-9/h1-5H,(H,17,18). The van der Waals surface area contributed by atoms with Gasteiger partial charge in [-0.1, -0.05) is 34.8 Å². The second-order valence-corrected chi connectivity index (χ2v) is 4.53. The van der Waals surface area contributed by atoms with Gasteiger partial charge in [0.1, 0.15) is 10.8 Å². The highest BCUT2D eigenvalue weighted by atomic mass is 35.5. The Balaban J connectivity index is 2.18. The van der Waals surface area contributed by atoms with Gasteiger partial charge in [0.15, 0.2) is 0 Å². The van der Waals surface area contributed by atoms with Crippen LogP contribution < -0.4 is 5.32 Å². The SMILES string of the molecule is O=C(Nc1ccc(Cl)cc1Cl)c1cnc(Cl)cn1. The summed E-state index contributed by atoms with van der Waals surface area (Å²) in [6, 6.07) is 4.76. The lowest BCUT2D eigenvalue weighted by Gasteiger charge is -2.06. The molecule has 1 N–H and O–H groups in total. The zero-order valence-corrected chi connectivity index (χ0v) is 11.1. The number of anilines is 1. The summed E-state index contributed by atoms with van der Waals surface area (Å²) in [6.07, 6.45) is 2.57. The maximum Gasteiger partial charge on any atom is 0.275 e. The van der Waals surface area contributed by atoms with E-state index in [0.29, 0.717) is 15.7 Å². The van der Waals surface area contributed by atoms with Gasteiger partial charge >= 0.3 is 0 Å². The average molecular weight is 303 g/mol. The lowest BCUT2D eigenvalue weighted by atomic mass is 10.3. The fraction of sp³-hybridized carbons (Fsp3) is 0. The number of hydrogen-bond donors (Lipinski definition) is 1. The smallest absolute Gasteiger partial charge is 0.275 e. The van der Waals surface area contributed by atoms with Crippen LogP contribution in [0.5, 0.6) is 0 Å². The summed E-state index contributed by atoms with van der Waals surface area (Å²) >= 11 is 17.3. The molecule has 1 aromatic carbocycles. The van der Waals surface area contributed by atoms with Crippen molar-refractivity contribution in [2.75, 3.05) is 5.32 Å². The van der Waals surface area contributed by atoms with Crippen molar-refractivity contribution in [3.8, 4) is 0 Å². The summed E-state index contributed by atoms with van der Waals surface area (Å²) in [6.45, 7) is 0. The van der Waals surface area contributed by atoms with Gasteiger partial charge in [0, 0.05) is 5.02 Å². The van der Waals surface area contributed by atoms with Crippen molar-refractivity contribution in [3.05, 3.63) is 51.5 Å². The molecule has 2 aromatic rings. The molecule has 4 nitrogen and oxygen atoms in total. The van der Waals surface area contributed by atoms with E-state index in [9.17, 15) is 4.79 Å². The monoisotopic (exact) mass is 301 g/mol. The van der Waals surface area contributed by atoms with Crippen LogP contribution in [-0.4, -0.2) is 15.9 Å². The molecule has 0 atom stereocenters. The molecule has 1 aromatic heterocycles.